The van der Waals surface area contributed by atoms with Crippen LogP contribution < -0.4 is 4.90 Å². The van der Waals surface area contributed by atoms with Crippen molar-refractivity contribution in [3.05, 3.63) is 83.9 Å². The SMILES string of the molecule is Cc1ccccc1-n1ccc([C@@H]2OCCN2c2ccc(F)cc2)c1. The van der Waals surface area contributed by atoms with Crippen LogP contribution in [-0.4, -0.2) is 17.7 Å². The van der Waals surface area contributed by atoms with Gasteiger partial charge in [-0.25, -0.2) is 4.39 Å². The first-order valence-electron chi connectivity index (χ1n) is 8.10. The summed E-state index contributed by atoms with van der Waals surface area (Å²) < 4.78 is 21.2. The summed E-state index contributed by atoms with van der Waals surface area (Å²) in [4.78, 5) is 2.16. The van der Waals surface area contributed by atoms with Crippen molar-refractivity contribution in [2.75, 3.05) is 18.1 Å². The number of hydrogen-bond acceptors (Lipinski definition) is 2. The van der Waals surface area contributed by atoms with Crippen LogP contribution in [0.25, 0.3) is 5.69 Å². The fourth-order valence-electron chi connectivity index (χ4n) is 3.21. The molecule has 1 aliphatic heterocycles. The predicted octanol–water partition coefficient (Wildman–Crippen LogP) is 4.46. The van der Waals surface area contributed by atoms with E-state index >= 15 is 0 Å². The van der Waals surface area contributed by atoms with Crippen LogP contribution in [0.1, 0.15) is 17.4 Å². The molecule has 1 aromatic heterocycles. The van der Waals surface area contributed by atoms with Crippen LogP contribution in [0.5, 0.6) is 0 Å². The second-order valence-electron chi connectivity index (χ2n) is 6.03. The number of rotatable bonds is 3. The first-order chi connectivity index (χ1) is 11.7. The van der Waals surface area contributed by atoms with Crippen LogP contribution in [0.15, 0.2) is 67.0 Å². The van der Waals surface area contributed by atoms with Crippen molar-refractivity contribution in [2.24, 2.45) is 0 Å². The van der Waals surface area contributed by atoms with Crippen molar-refractivity contribution in [1.29, 1.82) is 0 Å². The maximum atomic E-state index is 13.2. The lowest BCUT2D eigenvalue weighted by Crippen LogP contribution is -2.22. The van der Waals surface area contributed by atoms with Crippen molar-refractivity contribution in [1.82, 2.24) is 4.57 Å². The first-order valence-corrected chi connectivity index (χ1v) is 8.10. The summed E-state index contributed by atoms with van der Waals surface area (Å²) in [6.45, 7) is 3.56. The summed E-state index contributed by atoms with van der Waals surface area (Å²) in [7, 11) is 0. The van der Waals surface area contributed by atoms with Crippen molar-refractivity contribution in [3.63, 3.8) is 0 Å². The second-order valence-corrected chi connectivity index (χ2v) is 6.03. The Bertz CT molecular complexity index is 841. The van der Waals surface area contributed by atoms with E-state index in [2.05, 4.69) is 47.0 Å². The van der Waals surface area contributed by atoms with E-state index in [0.29, 0.717) is 6.61 Å². The van der Waals surface area contributed by atoms with Gasteiger partial charge in [0.25, 0.3) is 0 Å². The topological polar surface area (TPSA) is 17.4 Å². The number of para-hydroxylation sites is 1. The van der Waals surface area contributed by atoms with Crippen molar-refractivity contribution >= 4 is 5.69 Å². The van der Waals surface area contributed by atoms with Crippen LogP contribution in [-0.2, 0) is 4.74 Å². The van der Waals surface area contributed by atoms with E-state index < -0.39 is 0 Å². The molecule has 0 aliphatic carbocycles. The highest BCUT2D eigenvalue weighted by Crippen LogP contribution is 2.33. The molecule has 0 N–H and O–H groups in total. The first kappa shape index (κ1) is 15.0. The van der Waals surface area contributed by atoms with E-state index in [1.807, 2.05) is 12.1 Å². The molecule has 0 spiro atoms. The Labute approximate surface area is 140 Å². The highest BCUT2D eigenvalue weighted by molar-refractivity contribution is 5.49. The molecule has 1 fully saturated rings. The molecular formula is C20H19FN2O. The molecule has 24 heavy (non-hydrogen) atoms. The minimum absolute atomic E-state index is 0.138. The van der Waals surface area contributed by atoms with Crippen molar-refractivity contribution in [3.8, 4) is 5.69 Å². The van der Waals surface area contributed by atoms with Gasteiger partial charge < -0.3 is 14.2 Å². The van der Waals surface area contributed by atoms with E-state index in [1.54, 1.807) is 12.1 Å². The Morgan fingerprint density at radius 2 is 1.83 bits per heavy atom. The number of benzene rings is 2. The fourth-order valence-corrected chi connectivity index (χ4v) is 3.21. The molecule has 1 saturated heterocycles. The van der Waals surface area contributed by atoms with Gasteiger partial charge in [-0.3, -0.25) is 0 Å². The van der Waals surface area contributed by atoms with Gasteiger partial charge in [0.2, 0.25) is 0 Å². The summed E-state index contributed by atoms with van der Waals surface area (Å²) >= 11 is 0. The van der Waals surface area contributed by atoms with Gasteiger partial charge in [0.05, 0.1) is 6.61 Å². The van der Waals surface area contributed by atoms with Gasteiger partial charge in [-0.1, -0.05) is 18.2 Å². The number of aryl methyl sites for hydroxylation is 1. The van der Waals surface area contributed by atoms with Gasteiger partial charge in [0.15, 0.2) is 6.23 Å². The molecule has 1 atom stereocenters. The molecule has 0 saturated carbocycles. The zero-order chi connectivity index (χ0) is 16.5. The number of halogens is 1. The Kier molecular flexibility index (Phi) is 3.82. The van der Waals surface area contributed by atoms with Crippen molar-refractivity contribution < 1.29 is 9.13 Å². The molecule has 0 amide bonds. The van der Waals surface area contributed by atoms with Crippen LogP contribution in [0, 0.1) is 12.7 Å². The monoisotopic (exact) mass is 322 g/mol. The smallest absolute Gasteiger partial charge is 0.158 e. The van der Waals surface area contributed by atoms with Crippen LogP contribution in [0.4, 0.5) is 10.1 Å². The minimum atomic E-state index is -0.221. The molecule has 4 rings (SSSR count). The number of hydrogen-bond donors (Lipinski definition) is 0. The molecule has 0 unspecified atom stereocenters. The molecule has 3 aromatic rings. The van der Waals surface area contributed by atoms with Crippen LogP contribution >= 0.6 is 0 Å². The summed E-state index contributed by atoms with van der Waals surface area (Å²) in [5.41, 5.74) is 4.46. The highest BCUT2D eigenvalue weighted by atomic mass is 19.1. The molecule has 2 aromatic carbocycles. The predicted molar refractivity (Wildman–Crippen MR) is 92.9 cm³/mol. The fraction of sp³-hybridized carbons (Fsp3) is 0.200. The standard InChI is InChI=1S/C20H19FN2O/c1-15-4-2-3-5-19(15)22-11-10-16(14-22)20-23(12-13-24-20)18-8-6-17(21)7-9-18/h2-11,14,20H,12-13H2,1H3/t20-/m0/s1. The quantitative estimate of drug-likeness (QED) is 0.708. The largest absolute Gasteiger partial charge is 0.352 e. The third kappa shape index (κ3) is 2.69. The molecule has 0 bridgehead atoms. The lowest BCUT2D eigenvalue weighted by Gasteiger charge is -2.24. The summed E-state index contributed by atoms with van der Waals surface area (Å²) in [5, 5.41) is 0. The molecular weight excluding hydrogens is 303 g/mol. The normalized spacial score (nSPS) is 17.4. The highest BCUT2D eigenvalue weighted by Gasteiger charge is 2.28. The number of aromatic nitrogens is 1. The van der Waals surface area contributed by atoms with E-state index in [1.165, 1.54) is 17.7 Å². The summed E-state index contributed by atoms with van der Waals surface area (Å²) in [5.74, 6) is -0.221. The lowest BCUT2D eigenvalue weighted by molar-refractivity contribution is 0.114. The van der Waals surface area contributed by atoms with Crippen molar-refractivity contribution in [2.45, 2.75) is 13.2 Å². The average Bonchev–Trinajstić information content (AvgIpc) is 3.25. The van der Waals surface area contributed by atoms with E-state index in [4.69, 9.17) is 4.74 Å². The average molecular weight is 322 g/mol. The number of anilines is 1. The Morgan fingerprint density at radius 3 is 2.62 bits per heavy atom. The molecule has 4 heteroatoms. The number of nitrogens with zero attached hydrogens (tertiary/aromatic N) is 2. The summed E-state index contributed by atoms with van der Waals surface area (Å²) in [6.07, 6.45) is 4.03. The third-order valence-corrected chi connectivity index (χ3v) is 4.44. The van der Waals surface area contributed by atoms with Gasteiger partial charge in [-0.2, -0.15) is 0 Å². The number of ether oxygens (including phenoxy) is 1. The maximum absolute atomic E-state index is 13.2. The minimum Gasteiger partial charge on any atom is -0.352 e. The molecule has 1 aliphatic rings. The van der Waals surface area contributed by atoms with Gasteiger partial charge >= 0.3 is 0 Å². The Hall–Kier alpha value is -2.59. The van der Waals surface area contributed by atoms with E-state index in [-0.39, 0.29) is 12.0 Å². The Morgan fingerprint density at radius 1 is 1.04 bits per heavy atom. The van der Waals surface area contributed by atoms with Gasteiger partial charge in [0.1, 0.15) is 5.82 Å². The molecule has 3 nitrogen and oxygen atoms in total. The maximum Gasteiger partial charge on any atom is 0.158 e. The zero-order valence-corrected chi connectivity index (χ0v) is 13.5. The summed E-state index contributed by atoms with van der Waals surface area (Å²) in [6, 6.07) is 17.0. The van der Waals surface area contributed by atoms with E-state index in [9.17, 15) is 4.39 Å². The lowest BCUT2D eigenvalue weighted by atomic mass is 10.2. The molecule has 0 radical (unpaired) electrons. The van der Waals surface area contributed by atoms with E-state index in [0.717, 1.165) is 23.5 Å². The second kappa shape index (κ2) is 6.13. The van der Waals surface area contributed by atoms with Gasteiger partial charge in [-0.05, 0) is 48.9 Å². The zero-order valence-electron chi connectivity index (χ0n) is 13.5. The van der Waals surface area contributed by atoms with Gasteiger partial charge in [0, 0.05) is 35.9 Å². The van der Waals surface area contributed by atoms with Crippen LogP contribution in [0.2, 0.25) is 0 Å². The van der Waals surface area contributed by atoms with Gasteiger partial charge in [-0.15, -0.1) is 0 Å². The Balaban J connectivity index is 1.64. The molecule has 2 heterocycles. The molecule has 122 valence electrons. The van der Waals surface area contributed by atoms with Crippen LogP contribution in [0.3, 0.4) is 0 Å². The third-order valence-electron chi connectivity index (χ3n) is 4.44.